The second-order valence-corrected chi connectivity index (χ2v) is 4.92. The fourth-order valence-electron chi connectivity index (χ4n) is 2.52. The Bertz CT molecular complexity index is 396. The van der Waals surface area contributed by atoms with E-state index in [0.29, 0.717) is 5.92 Å². The summed E-state index contributed by atoms with van der Waals surface area (Å²) in [5.41, 5.74) is 1.90. The molecule has 1 saturated carbocycles. The second-order valence-electron chi connectivity index (χ2n) is 4.92. The summed E-state index contributed by atoms with van der Waals surface area (Å²) in [6.07, 6.45) is -1.57. The molecule has 0 aliphatic heterocycles. The van der Waals surface area contributed by atoms with Crippen molar-refractivity contribution in [2.24, 2.45) is 0 Å². The molecule has 100 valence electrons. The third-order valence-corrected chi connectivity index (χ3v) is 3.70. The van der Waals surface area contributed by atoms with Crippen molar-refractivity contribution in [2.75, 3.05) is 7.05 Å². The van der Waals surface area contributed by atoms with Crippen LogP contribution in [0.4, 0.5) is 13.2 Å². The average Bonchev–Trinajstić information content (AvgIpc) is 2.23. The lowest BCUT2D eigenvalue weighted by atomic mass is 9.77. The van der Waals surface area contributed by atoms with Gasteiger partial charge in [0.25, 0.3) is 0 Å². The van der Waals surface area contributed by atoms with Gasteiger partial charge in [-0.3, -0.25) is 0 Å². The number of nitrogens with one attached hydrogen (secondary N) is 1. The zero-order valence-electron chi connectivity index (χ0n) is 10.4. The molecule has 2 rings (SSSR count). The lowest BCUT2D eigenvalue weighted by molar-refractivity contribution is -0.140. The number of hydrogen-bond donors (Lipinski definition) is 1. The fourth-order valence-corrected chi connectivity index (χ4v) is 2.52. The fraction of sp³-hybridized carbons (Fsp3) is 0.571. The predicted octanol–water partition coefficient (Wildman–Crippen LogP) is 4.17. The minimum absolute atomic E-state index is 0.449. The largest absolute Gasteiger partial charge is 0.390 e. The Morgan fingerprint density at radius 2 is 1.94 bits per heavy atom. The molecule has 1 aliphatic carbocycles. The molecule has 0 bridgehead atoms. The summed E-state index contributed by atoms with van der Waals surface area (Å²) in [6, 6.07) is 6.89. The first-order chi connectivity index (χ1) is 8.51. The van der Waals surface area contributed by atoms with Crippen LogP contribution in [0.1, 0.15) is 48.8 Å². The van der Waals surface area contributed by atoms with Gasteiger partial charge < -0.3 is 5.32 Å². The van der Waals surface area contributed by atoms with E-state index in [4.69, 9.17) is 0 Å². The van der Waals surface area contributed by atoms with E-state index in [0.717, 1.165) is 24.0 Å². The molecule has 1 aromatic rings. The summed E-state index contributed by atoms with van der Waals surface area (Å²) in [5, 5.41) is 2.80. The monoisotopic (exact) mass is 257 g/mol. The van der Waals surface area contributed by atoms with Crippen molar-refractivity contribution in [1.29, 1.82) is 0 Å². The molecule has 1 nitrogen and oxygen atoms in total. The maximum atomic E-state index is 12.6. The molecular weight excluding hydrogens is 239 g/mol. The molecule has 1 aliphatic rings. The number of benzene rings is 1. The number of alkyl halides is 3. The van der Waals surface area contributed by atoms with Crippen LogP contribution in [0.5, 0.6) is 0 Å². The van der Waals surface area contributed by atoms with Crippen LogP contribution in [-0.2, 0) is 0 Å². The van der Waals surface area contributed by atoms with Gasteiger partial charge in [0.1, 0.15) is 0 Å². The molecule has 0 spiro atoms. The standard InChI is InChI=1S/C14H18F3N/c1-18-13(9-14(15,16)17)12-8-3-2-7-11(12)10-5-4-6-10/h2-3,7-8,10,13,18H,4-6,9H2,1H3. The van der Waals surface area contributed by atoms with Gasteiger partial charge >= 0.3 is 6.18 Å². The van der Waals surface area contributed by atoms with Crippen LogP contribution < -0.4 is 5.32 Å². The predicted molar refractivity (Wildman–Crippen MR) is 65.5 cm³/mol. The Morgan fingerprint density at radius 1 is 1.28 bits per heavy atom. The highest BCUT2D eigenvalue weighted by molar-refractivity contribution is 5.34. The van der Waals surface area contributed by atoms with Crippen LogP contribution in [0.3, 0.4) is 0 Å². The molecule has 1 atom stereocenters. The van der Waals surface area contributed by atoms with Gasteiger partial charge in [0.05, 0.1) is 6.42 Å². The summed E-state index contributed by atoms with van der Waals surface area (Å²) in [6.45, 7) is 0. The summed E-state index contributed by atoms with van der Waals surface area (Å²) < 4.78 is 37.7. The maximum Gasteiger partial charge on any atom is 0.390 e. The smallest absolute Gasteiger partial charge is 0.313 e. The van der Waals surface area contributed by atoms with Crippen LogP contribution in [-0.4, -0.2) is 13.2 Å². The lowest BCUT2D eigenvalue weighted by Gasteiger charge is -2.30. The number of halogens is 3. The highest BCUT2D eigenvalue weighted by atomic mass is 19.4. The molecule has 0 heterocycles. The van der Waals surface area contributed by atoms with E-state index >= 15 is 0 Å². The van der Waals surface area contributed by atoms with Gasteiger partial charge in [0.15, 0.2) is 0 Å². The van der Waals surface area contributed by atoms with Crippen molar-refractivity contribution >= 4 is 0 Å². The quantitative estimate of drug-likeness (QED) is 0.853. The first-order valence-electron chi connectivity index (χ1n) is 6.34. The van der Waals surface area contributed by atoms with Crippen molar-refractivity contribution in [3.63, 3.8) is 0 Å². The SMILES string of the molecule is CNC(CC(F)(F)F)c1ccccc1C1CCC1. The van der Waals surface area contributed by atoms with Crippen LogP contribution in [0.25, 0.3) is 0 Å². The third kappa shape index (κ3) is 3.05. The van der Waals surface area contributed by atoms with E-state index in [2.05, 4.69) is 5.32 Å². The molecule has 1 fully saturated rings. The Hall–Kier alpha value is -1.03. The third-order valence-electron chi connectivity index (χ3n) is 3.70. The highest BCUT2D eigenvalue weighted by Crippen LogP contribution is 2.41. The first-order valence-corrected chi connectivity index (χ1v) is 6.34. The molecule has 1 unspecified atom stereocenters. The molecule has 1 aromatic carbocycles. The summed E-state index contributed by atoms with van der Waals surface area (Å²) in [4.78, 5) is 0. The van der Waals surface area contributed by atoms with Crippen LogP contribution in [0, 0.1) is 0 Å². The Morgan fingerprint density at radius 3 is 2.44 bits per heavy atom. The molecule has 0 aromatic heterocycles. The van der Waals surface area contributed by atoms with Crippen molar-refractivity contribution in [1.82, 2.24) is 5.32 Å². The van der Waals surface area contributed by atoms with Gasteiger partial charge in [0.2, 0.25) is 0 Å². The maximum absolute atomic E-state index is 12.6. The zero-order chi connectivity index (χ0) is 13.2. The topological polar surface area (TPSA) is 12.0 Å². The summed E-state index contributed by atoms with van der Waals surface area (Å²) >= 11 is 0. The molecule has 0 saturated heterocycles. The van der Waals surface area contributed by atoms with Crippen molar-refractivity contribution in [3.8, 4) is 0 Å². The first kappa shape index (κ1) is 13.4. The van der Waals surface area contributed by atoms with E-state index in [1.807, 2.05) is 24.3 Å². The number of hydrogen-bond acceptors (Lipinski definition) is 1. The van der Waals surface area contributed by atoms with Gasteiger partial charge in [0, 0.05) is 6.04 Å². The van der Waals surface area contributed by atoms with E-state index < -0.39 is 18.6 Å². The molecule has 18 heavy (non-hydrogen) atoms. The minimum atomic E-state index is -4.14. The van der Waals surface area contributed by atoms with Gasteiger partial charge in [-0.2, -0.15) is 13.2 Å². The van der Waals surface area contributed by atoms with Gasteiger partial charge in [-0.1, -0.05) is 30.7 Å². The van der Waals surface area contributed by atoms with E-state index in [-0.39, 0.29) is 0 Å². The Labute approximate surface area is 105 Å². The zero-order valence-corrected chi connectivity index (χ0v) is 10.4. The summed E-state index contributed by atoms with van der Waals surface area (Å²) in [7, 11) is 1.59. The normalized spacial score (nSPS) is 18.4. The van der Waals surface area contributed by atoms with E-state index in [1.165, 1.54) is 6.42 Å². The highest BCUT2D eigenvalue weighted by Gasteiger charge is 2.34. The van der Waals surface area contributed by atoms with E-state index in [9.17, 15) is 13.2 Å². The van der Waals surface area contributed by atoms with Crippen molar-refractivity contribution in [3.05, 3.63) is 35.4 Å². The molecule has 0 amide bonds. The molecule has 1 N–H and O–H groups in total. The second kappa shape index (κ2) is 5.31. The van der Waals surface area contributed by atoms with Crippen LogP contribution in [0.2, 0.25) is 0 Å². The molecular formula is C14H18F3N. The van der Waals surface area contributed by atoms with Crippen LogP contribution in [0.15, 0.2) is 24.3 Å². The number of rotatable bonds is 4. The van der Waals surface area contributed by atoms with Gasteiger partial charge in [-0.15, -0.1) is 0 Å². The summed E-state index contributed by atoms with van der Waals surface area (Å²) in [5.74, 6) is 0.449. The Kier molecular flexibility index (Phi) is 3.95. The molecule has 0 radical (unpaired) electrons. The van der Waals surface area contributed by atoms with Crippen molar-refractivity contribution in [2.45, 2.75) is 43.8 Å². The van der Waals surface area contributed by atoms with Crippen LogP contribution >= 0.6 is 0 Å². The van der Waals surface area contributed by atoms with Gasteiger partial charge in [-0.25, -0.2) is 0 Å². The molecule has 4 heteroatoms. The minimum Gasteiger partial charge on any atom is -0.313 e. The van der Waals surface area contributed by atoms with Gasteiger partial charge in [-0.05, 0) is 36.9 Å². The average molecular weight is 257 g/mol. The van der Waals surface area contributed by atoms with Crippen molar-refractivity contribution < 1.29 is 13.2 Å². The Balaban J connectivity index is 2.24. The lowest BCUT2D eigenvalue weighted by Crippen LogP contribution is -2.25. The van der Waals surface area contributed by atoms with E-state index in [1.54, 1.807) is 7.05 Å².